The van der Waals surface area contributed by atoms with Crippen LogP contribution in [0.1, 0.15) is 0 Å². The van der Waals surface area contributed by atoms with Gasteiger partial charge in [0.1, 0.15) is 5.69 Å². The highest BCUT2D eigenvalue weighted by Crippen LogP contribution is 2.42. The Hall–Kier alpha value is -8.60. The van der Waals surface area contributed by atoms with E-state index in [4.69, 9.17) is 5.10 Å². The SMILES string of the molecule is c1ccc(-c2ccc(-[n+]3cc4ccc(-n5c6ccccc6c6cc7c8c9ccccc9ccc8n(-c8ccccc8)c7cc65)cc4c(-c4cccc(-c5ccccc5)c4)n3)cc2)cc1. The fourth-order valence-electron chi connectivity index (χ4n) is 9.96. The Bertz CT molecular complexity index is 3920. The second kappa shape index (κ2) is 14.5. The van der Waals surface area contributed by atoms with E-state index in [-0.39, 0.29) is 0 Å². The number of nitrogens with zero attached hydrogens (tertiary/aromatic N) is 4. The van der Waals surface area contributed by atoms with Crippen molar-refractivity contribution in [3.05, 3.63) is 237 Å². The zero-order valence-corrected chi connectivity index (χ0v) is 34.8. The van der Waals surface area contributed by atoms with E-state index in [0.29, 0.717) is 0 Å². The zero-order valence-electron chi connectivity index (χ0n) is 34.8. The minimum Gasteiger partial charge on any atom is -0.309 e. The Labute approximate surface area is 369 Å². The summed E-state index contributed by atoms with van der Waals surface area (Å²) in [5.41, 5.74) is 14.6. The summed E-state index contributed by atoms with van der Waals surface area (Å²) in [6.07, 6.45) is 2.17. The third kappa shape index (κ3) is 5.77. The maximum atomic E-state index is 5.46. The number of fused-ring (bicyclic) bond motifs is 9. The third-order valence-corrected chi connectivity index (χ3v) is 13.0. The van der Waals surface area contributed by atoms with E-state index in [1.54, 1.807) is 0 Å². The Morgan fingerprint density at radius 1 is 0.312 bits per heavy atom. The van der Waals surface area contributed by atoms with Crippen molar-refractivity contribution in [3.8, 4) is 50.6 Å². The summed E-state index contributed by atoms with van der Waals surface area (Å²) in [7, 11) is 0. The standard InChI is InChI=1S/C60H39N4/c1-4-15-40(16-5-1)42-27-31-47(32-28-42)62-39-46-29-33-49(36-52(46)60(61-62)45-21-14-20-44(35-45)41-17-6-2-7-18-41)64-55-26-13-12-25-51(55)53-37-54-58(38-57(53)64)63(48-22-8-3-9-23-48)56-34-30-43-19-10-11-24-50(43)59(54)56/h1-39H/q+1. The van der Waals surface area contributed by atoms with Crippen LogP contribution in [0.15, 0.2) is 237 Å². The molecule has 64 heavy (non-hydrogen) atoms. The van der Waals surface area contributed by atoms with Gasteiger partial charge in [0.15, 0.2) is 0 Å². The molecule has 3 heterocycles. The molecule has 0 bridgehead atoms. The number of hydrogen-bond acceptors (Lipinski definition) is 1. The van der Waals surface area contributed by atoms with Gasteiger partial charge in [-0.25, -0.2) is 0 Å². The molecule has 298 valence electrons. The maximum Gasteiger partial charge on any atom is 0.238 e. The van der Waals surface area contributed by atoms with Crippen LogP contribution >= 0.6 is 0 Å². The van der Waals surface area contributed by atoms with Gasteiger partial charge in [-0.3, -0.25) is 0 Å². The van der Waals surface area contributed by atoms with Gasteiger partial charge in [0, 0.05) is 61.1 Å². The fourth-order valence-corrected chi connectivity index (χ4v) is 9.96. The molecule has 0 N–H and O–H groups in total. The van der Waals surface area contributed by atoms with Crippen molar-refractivity contribution in [2.45, 2.75) is 0 Å². The molecule has 13 aromatic rings. The molecule has 0 aliphatic rings. The van der Waals surface area contributed by atoms with Crippen molar-refractivity contribution >= 4 is 65.2 Å². The van der Waals surface area contributed by atoms with E-state index in [0.717, 1.165) is 55.7 Å². The molecular weight excluding hydrogens is 777 g/mol. The van der Waals surface area contributed by atoms with Crippen LogP contribution in [0.3, 0.4) is 0 Å². The maximum absolute atomic E-state index is 5.46. The van der Waals surface area contributed by atoms with E-state index in [1.807, 2.05) is 4.68 Å². The van der Waals surface area contributed by atoms with E-state index < -0.39 is 0 Å². The highest BCUT2D eigenvalue weighted by atomic mass is 15.3. The first kappa shape index (κ1) is 36.1. The summed E-state index contributed by atoms with van der Waals surface area (Å²) in [4.78, 5) is 0. The van der Waals surface area contributed by atoms with Gasteiger partial charge in [-0.15, -0.1) is 0 Å². The molecule has 0 amide bonds. The number of benzene rings is 10. The summed E-state index contributed by atoms with van der Waals surface area (Å²) in [6, 6.07) is 83.2. The van der Waals surface area contributed by atoms with Crippen LogP contribution in [0.5, 0.6) is 0 Å². The lowest BCUT2D eigenvalue weighted by Gasteiger charge is -2.12. The van der Waals surface area contributed by atoms with Crippen molar-refractivity contribution in [2.75, 3.05) is 0 Å². The monoisotopic (exact) mass is 815 g/mol. The summed E-state index contributed by atoms with van der Waals surface area (Å²) >= 11 is 0. The van der Waals surface area contributed by atoms with Crippen LogP contribution in [0.2, 0.25) is 0 Å². The Balaban J connectivity index is 1.06. The molecular formula is C60H39N4+. The Morgan fingerprint density at radius 3 is 1.72 bits per heavy atom. The normalized spacial score (nSPS) is 11.8. The first-order chi connectivity index (χ1) is 31.7. The number of hydrogen-bond donors (Lipinski definition) is 0. The predicted molar refractivity (Wildman–Crippen MR) is 266 cm³/mol. The van der Waals surface area contributed by atoms with Gasteiger partial charge in [0.2, 0.25) is 11.9 Å². The molecule has 13 rings (SSSR count). The fraction of sp³-hybridized carbons (Fsp3) is 0. The molecule has 0 radical (unpaired) electrons. The second-order valence-corrected chi connectivity index (χ2v) is 16.6. The largest absolute Gasteiger partial charge is 0.309 e. The number of aromatic nitrogens is 4. The molecule has 0 saturated heterocycles. The van der Waals surface area contributed by atoms with E-state index in [2.05, 4.69) is 246 Å². The summed E-state index contributed by atoms with van der Waals surface area (Å²) in [5.74, 6) is 0. The smallest absolute Gasteiger partial charge is 0.238 e. The third-order valence-electron chi connectivity index (χ3n) is 13.0. The average Bonchev–Trinajstić information content (AvgIpc) is 3.88. The van der Waals surface area contributed by atoms with Crippen LogP contribution in [0, 0.1) is 0 Å². The average molecular weight is 816 g/mol. The van der Waals surface area contributed by atoms with E-state index >= 15 is 0 Å². The van der Waals surface area contributed by atoms with Gasteiger partial charge in [-0.1, -0.05) is 150 Å². The van der Waals surface area contributed by atoms with Crippen molar-refractivity contribution in [3.63, 3.8) is 0 Å². The van der Waals surface area contributed by atoms with Gasteiger partial charge < -0.3 is 9.13 Å². The van der Waals surface area contributed by atoms with E-state index in [9.17, 15) is 0 Å². The minimum absolute atomic E-state index is 0.920. The van der Waals surface area contributed by atoms with Crippen molar-refractivity contribution in [2.24, 2.45) is 0 Å². The first-order valence-electron chi connectivity index (χ1n) is 21.9. The first-order valence-corrected chi connectivity index (χ1v) is 21.9. The summed E-state index contributed by atoms with van der Waals surface area (Å²) in [5, 5.41) is 15.1. The quantitative estimate of drug-likeness (QED) is 0.154. The zero-order chi connectivity index (χ0) is 42.1. The highest BCUT2D eigenvalue weighted by molar-refractivity contribution is 6.25. The van der Waals surface area contributed by atoms with Gasteiger partial charge in [-0.2, -0.15) is 0 Å². The molecule has 0 spiro atoms. The Morgan fingerprint density at radius 2 is 0.922 bits per heavy atom. The molecule has 0 atom stereocenters. The van der Waals surface area contributed by atoms with Gasteiger partial charge in [-0.05, 0) is 106 Å². The molecule has 4 nitrogen and oxygen atoms in total. The second-order valence-electron chi connectivity index (χ2n) is 16.6. The topological polar surface area (TPSA) is 26.6 Å². The van der Waals surface area contributed by atoms with Crippen molar-refractivity contribution < 1.29 is 4.68 Å². The summed E-state index contributed by atoms with van der Waals surface area (Å²) in [6.45, 7) is 0. The lowest BCUT2D eigenvalue weighted by Crippen LogP contribution is -2.35. The predicted octanol–water partition coefficient (Wildman–Crippen LogP) is 14.9. The minimum atomic E-state index is 0.920. The summed E-state index contributed by atoms with van der Waals surface area (Å²) < 4.78 is 6.92. The van der Waals surface area contributed by atoms with Crippen LogP contribution in [-0.2, 0) is 0 Å². The van der Waals surface area contributed by atoms with Crippen LogP contribution in [-0.4, -0.2) is 14.2 Å². The number of rotatable bonds is 6. The molecule has 0 aliphatic heterocycles. The van der Waals surface area contributed by atoms with Gasteiger partial charge >= 0.3 is 0 Å². The van der Waals surface area contributed by atoms with Crippen molar-refractivity contribution in [1.29, 1.82) is 0 Å². The molecule has 10 aromatic carbocycles. The van der Waals surface area contributed by atoms with Gasteiger partial charge in [0.25, 0.3) is 0 Å². The molecule has 3 aromatic heterocycles. The molecule has 4 heteroatoms. The molecule has 0 aliphatic carbocycles. The van der Waals surface area contributed by atoms with Crippen LogP contribution in [0.4, 0.5) is 0 Å². The Kier molecular flexibility index (Phi) is 8.18. The lowest BCUT2D eigenvalue weighted by molar-refractivity contribution is -0.657. The number of para-hydroxylation sites is 2. The van der Waals surface area contributed by atoms with Crippen LogP contribution in [0.25, 0.3) is 116 Å². The molecule has 0 fully saturated rings. The molecule has 0 saturated carbocycles. The van der Waals surface area contributed by atoms with E-state index in [1.165, 1.54) is 60.0 Å². The highest BCUT2D eigenvalue weighted by Gasteiger charge is 2.22. The lowest BCUT2D eigenvalue weighted by atomic mass is 9.99. The molecule has 0 unspecified atom stereocenters. The van der Waals surface area contributed by atoms with Crippen molar-refractivity contribution in [1.82, 2.24) is 14.2 Å². The van der Waals surface area contributed by atoms with Gasteiger partial charge in [0.05, 0.1) is 27.5 Å². The van der Waals surface area contributed by atoms with Crippen LogP contribution < -0.4 is 4.68 Å².